The van der Waals surface area contributed by atoms with Crippen LogP contribution in [0.5, 0.6) is 0 Å². The number of nitrogens with one attached hydrogen (secondary N) is 3. The van der Waals surface area contributed by atoms with Crippen molar-refractivity contribution < 1.29 is 14.4 Å². The van der Waals surface area contributed by atoms with Gasteiger partial charge in [-0.1, -0.05) is 30.3 Å². The van der Waals surface area contributed by atoms with Crippen molar-refractivity contribution in [2.24, 2.45) is 0 Å². The van der Waals surface area contributed by atoms with E-state index in [4.69, 9.17) is 0 Å². The summed E-state index contributed by atoms with van der Waals surface area (Å²) in [5.74, 6) is -0.358. The van der Waals surface area contributed by atoms with Gasteiger partial charge in [0.25, 0.3) is 11.8 Å². The summed E-state index contributed by atoms with van der Waals surface area (Å²) >= 11 is 1.38. The van der Waals surface area contributed by atoms with Crippen molar-refractivity contribution in [1.82, 2.24) is 20.4 Å². The fourth-order valence-corrected chi connectivity index (χ4v) is 5.52. The summed E-state index contributed by atoms with van der Waals surface area (Å²) < 4.78 is 0. The molecular formula is C29H29N5O3S. The van der Waals surface area contributed by atoms with Crippen molar-refractivity contribution >= 4 is 57.8 Å². The SMILES string of the molecule is CC(=O)NC1CCN(C(=O)c2ccc(C=Cc3n[nH]c4ccccc34)c(NC(=O)c3sccc3C)c2)CC1. The van der Waals surface area contributed by atoms with Crippen LogP contribution in [0.1, 0.15) is 56.6 Å². The molecule has 1 fully saturated rings. The summed E-state index contributed by atoms with van der Waals surface area (Å²) in [6.07, 6.45) is 5.22. The minimum absolute atomic E-state index is 0.0531. The molecule has 0 atom stereocenters. The standard InChI is InChI=1S/C29H29N5O3S/c1-18-13-16-38-27(18)28(36)31-26-17-21(29(37)34-14-11-22(12-15-34)30-19(2)35)8-7-20(26)9-10-25-23-5-3-4-6-24(23)32-33-25/h3-10,13,16-17,22H,11-12,14-15H2,1-2H3,(H,30,35)(H,31,36)(H,32,33). The van der Waals surface area contributed by atoms with Crippen LogP contribution in [-0.2, 0) is 4.79 Å². The van der Waals surface area contributed by atoms with Crippen LogP contribution in [0.25, 0.3) is 23.1 Å². The molecule has 0 spiro atoms. The fourth-order valence-electron chi connectivity index (χ4n) is 4.70. The number of carbonyl (C=O) groups is 3. The van der Waals surface area contributed by atoms with Gasteiger partial charge in [-0.05, 0) is 66.6 Å². The predicted molar refractivity (Wildman–Crippen MR) is 151 cm³/mol. The molecule has 8 nitrogen and oxygen atoms in total. The Hall–Kier alpha value is -4.24. The van der Waals surface area contributed by atoms with Crippen LogP contribution in [0.4, 0.5) is 5.69 Å². The first-order valence-electron chi connectivity index (χ1n) is 12.6. The van der Waals surface area contributed by atoms with E-state index in [2.05, 4.69) is 20.8 Å². The third-order valence-corrected chi connectivity index (χ3v) is 7.74. The van der Waals surface area contributed by atoms with Crippen LogP contribution in [0.15, 0.2) is 53.9 Å². The number of H-pyrrole nitrogens is 1. The van der Waals surface area contributed by atoms with Crippen LogP contribution in [0, 0.1) is 6.92 Å². The third-order valence-electron chi connectivity index (χ3n) is 6.73. The van der Waals surface area contributed by atoms with E-state index >= 15 is 0 Å². The maximum Gasteiger partial charge on any atom is 0.266 e. The molecule has 3 N–H and O–H groups in total. The zero-order chi connectivity index (χ0) is 26.6. The van der Waals surface area contributed by atoms with Crippen molar-refractivity contribution in [3.8, 4) is 0 Å². The Balaban J connectivity index is 1.41. The maximum atomic E-state index is 13.3. The molecular weight excluding hydrogens is 498 g/mol. The maximum absolute atomic E-state index is 13.3. The first kappa shape index (κ1) is 25.4. The Morgan fingerprint density at radius 2 is 1.87 bits per heavy atom. The van der Waals surface area contributed by atoms with E-state index in [1.807, 2.05) is 60.9 Å². The molecule has 0 aliphatic carbocycles. The number of para-hydroxylation sites is 1. The molecule has 2 aromatic heterocycles. The number of hydrogen-bond acceptors (Lipinski definition) is 5. The molecule has 0 radical (unpaired) electrons. The Morgan fingerprint density at radius 3 is 2.61 bits per heavy atom. The number of anilines is 1. The Morgan fingerprint density at radius 1 is 1.08 bits per heavy atom. The van der Waals surface area contributed by atoms with Crippen molar-refractivity contribution in [2.45, 2.75) is 32.7 Å². The zero-order valence-corrected chi connectivity index (χ0v) is 22.1. The van der Waals surface area contributed by atoms with Gasteiger partial charge in [0.1, 0.15) is 0 Å². The molecule has 0 saturated carbocycles. The molecule has 0 unspecified atom stereocenters. The number of aromatic amines is 1. The van der Waals surface area contributed by atoms with Gasteiger partial charge in [-0.3, -0.25) is 19.5 Å². The zero-order valence-electron chi connectivity index (χ0n) is 21.3. The number of likely N-dealkylation sites (tertiary alicyclic amines) is 1. The van der Waals surface area contributed by atoms with Gasteiger partial charge >= 0.3 is 0 Å². The molecule has 1 saturated heterocycles. The molecule has 3 heterocycles. The average Bonchev–Trinajstić information content (AvgIpc) is 3.53. The second-order valence-corrected chi connectivity index (χ2v) is 10.4. The lowest BCUT2D eigenvalue weighted by atomic mass is 10.0. The highest BCUT2D eigenvalue weighted by atomic mass is 32.1. The van der Waals surface area contributed by atoms with Crippen molar-refractivity contribution in [3.63, 3.8) is 0 Å². The van der Waals surface area contributed by atoms with Crippen LogP contribution in [0.2, 0.25) is 0 Å². The van der Waals surface area contributed by atoms with Gasteiger partial charge in [-0.15, -0.1) is 11.3 Å². The first-order valence-corrected chi connectivity index (χ1v) is 13.4. The van der Waals surface area contributed by atoms with Gasteiger partial charge < -0.3 is 15.5 Å². The quantitative estimate of drug-likeness (QED) is 0.324. The normalized spacial score (nSPS) is 14.2. The van der Waals surface area contributed by atoms with Gasteiger partial charge in [0.15, 0.2) is 0 Å². The Labute approximate surface area is 224 Å². The number of benzene rings is 2. The van der Waals surface area contributed by atoms with E-state index in [1.54, 1.807) is 17.0 Å². The largest absolute Gasteiger partial charge is 0.353 e. The molecule has 5 rings (SSSR count). The molecule has 194 valence electrons. The molecule has 1 aliphatic heterocycles. The highest BCUT2D eigenvalue weighted by molar-refractivity contribution is 7.12. The van der Waals surface area contributed by atoms with E-state index < -0.39 is 0 Å². The van der Waals surface area contributed by atoms with Crippen LogP contribution >= 0.6 is 11.3 Å². The van der Waals surface area contributed by atoms with E-state index in [0.717, 1.165) is 27.7 Å². The molecule has 3 amide bonds. The molecule has 4 aromatic rings. The highest BCUT2D eigenvalue weighted by Crippen LogP contribution is 2.26. The van der Waals surface area contributed by atoms with E-state index in [0.29, 0.717) is 42.1 Å². The van der Waals surface area contributed by atoms with E-state index in [9.17, 15) is 14.4 Å². The molecule has 0 bridgehead atoms. The third kappa shape index (κ3) is 5.52. The summed E-state index contributed by atoms with van der Waals surface area (Å²) in [5.41, 5.74) is 4.45. The number of aryl methyl sites for hydroxylation is 1. The molecule has 38 heavy (non-hydrogen) atoms. The minimum atomic E-state index is -0.210. The highest BCUT2D eigenvalue weighted by Gasteiger charge is 2.25. The summed E-state index contributed by atoms with van der Waals surface area (Å²) in [7, 11) is 0. The second-order valence-electron chi connectivity index (χ2n) is 9.44. The molecule has 2 aromatic carbocycles. The van der Waals surface area contributed by atoms with Gasteiger partial charge in [0.2, 0.25) is 5.91 Å². The Kier molecular flexibility index (Phi) is 7.37. The summed E-state index contributed by atoms with van der Waals surface area (Å²) in [4.78, 5) is 40.2. The Bertz CT molecular complexity index is 1530. The lowest BCUT2D eigenvalue weighted by Crippen LogP contribution is -2.46. The molecule has 9 heteroatoms. The molecule has 1 aliphatic rings. The van der Waals surface area contributed by atoms with Gasteiger partial charge in [-0.25, -0.2) is 0 Å². The second kappa shape index (κ2) is 11.0. The summed E-state index contributed by atoms with van der Waals surface area (Å²) in [6, 6.07) is 15.3. The monoisotopic (exact) mass is 527 g/mol. The number of piperidine rings is 1. The van der Waals surface area contributed by atoms with Gasteiger partial charge in [-0.2, -0.15) is 5.10 Å². The summed E-state index contributed by atoms with van der Waals surface area (Å²) in [6.45, 7) is 4.54. The lowest BCUT2D eigenvalue weighted by Gasteiger charge is -2.32. The number of nitrogens with zero attached hydrogens (tertiary/aromatic N) is 2. The minimum Gasteiger partial charge on any atom is -0.353 e. The van der Waals surface area contributed by atoms with Crippen molar-refractivity contribution in [3.05, 3.63) is 81.2 Å². The van der Waals surface area contributed by atoms with Gasteiger partial charge in [0, 0.05) is 42.7 Å². The number of hydrogen-bond donors (Lipinski definition) is 3. The van der Waals surface area contributed by atoms with Crippen LogP contribution < -0.4 is 10.6 Å². The number of thiophene rings is 1. The first-order chi connectivity index (χ1) is 18.4. The average molecular weight is 528 g/mol. The fraction of sp³-hybridized carbons (Fsp3) is 0.241. The van der Waals surface area contributed by atoms with E-state index in [-0.39, 0.29) is 23.8 Å². The van der Waals surface area contributed by atoms with E-state index in [1.165, 1.54) is 18.3 Å². The number of amides is 3. The number of rotatable bonds is 6. The lowest BCUT2D eigenvalue weighted by molar-refractivity contribution is -0.119. The smallest absolute Gasteiger partial charge is 0.266 e. The van der Waals surface area contributed by atoms with Crippen molar-refractivity contribution in [2.75, 3.05) is 18.4 Å². The number of aromatic nitrogens is 2. The topological polar surface area (TPSA) is 107 Å². The summed E-state index contributed by atoms with van der Waals surface area (Å²) in [5, 5.41) is 16.3. The predicted octanol–water partition coefficient (Wildman–Crippen LogP) is 5.10. The van der Waals surface area contributed by atoms with Crippen LogP contribution in [-0.4, -0.2) is 52.0 Å². The van der Waals surface area contributed by atoms with Gasteiger partial charge in [0.05, 0.1) is 16.1 Å². The van der Waals surface area contributed by atoms with Crippen LogP contribution in [0.3, 0.4) is 0 Å². The van der Waals surface area contributed by atoms with Crippen molar-refractivity contribution in [1.29, 1.82) is 0 Å². The number of carbonyl (C=O) groups excluding carboxylic acids is 3. The number of fused-ring (bicyclic) bond motifs is 1.